The van der Waals surface area contributed by atoms with Crippen LogP contribution in [-0.2, 0) is 9.59 Å². The van der Waals surface area contributed by atoms with Crippen molar-refractivity contribution in [1.82, 2.24) is 0 Å². The monoisotopic (exact) mass is 400 g/mol. The number of carbonyl (C=O) groups is 2. The van der Waals surface area contributed by atoms with Crippen molar-refractivity contribution >= 4 is 23.1 Å². The molecule has 0 bridgehead atoms. The predicted molar refractivity (Wildman–Crippen MR) is 118 cm³/mol. The molecule has 0 unspecified atom stereocenters. The Bertz CT molecular complexity index is 1030. The van der Waals surface area contributed by atoms with Crippen LogP contribution in [0.25, 0.3) is 11.1 Å². The molecule has 0 aliphatic carbocycles. The fraction of sp³-hybridized carbons (Fsp3) is 0.154. The van der Waals surface area contributed by atoms with Crippen LogP contribution in [0.3, 0.4) is 0 Å². The summed E-state index contributed by atoms with van der Waals surface area (Å²) in [6.45, 7) is 4.72. The molecule has 0 spiro atoms. The van der Waals surface area contributed by atoms with E-state index in [0.29, 0.717) is 0 Å². The van der Waals surface area contributed by atoms with Gasteiger partial charge in [0, 0.05) is 13.8 Å². The van der Waals surface area contributed by atoms with Crippen LogP contribution in [0, 0.1) is 0 Å². The third kappa shape index (κ3) is 5.03. The fourth-order valence-electron chi connectivity index (χ4n) is 3.42. The van der Waals surface area contributed by atoms with Crippen LogP contribution < -0.4 is 9.47 Å². The quantitative estimate of drug-likeness (QED) is 0.293. The second-order valence-electron chi connectivity index (χ2n) is 6.79. The van der Waals surface area contributed by atoms with Gasteiger partial charge >= 0.3 is 11.9 Å². The zero-order valence-corrected chi connectivity index (χ0v) is 17.3. The van der Waals surface area contributed by atoms with E-state index in [1.165, 1.54) is 13.8 Å². The summed E-state index contributed by atoms with van der Waals surface area (Å²) in [6, 6.07) is 25.7. The van der Waals surface area contributed by atoms with Crippen molar-refractivity contribution in [3.05, 3.63) is 95.6 Å². The summed E-state index contributed by atoms with van der Waals surface area (Å²) < 4.78 is 10.5. The third-order valence-electron chi connectivity index (χ3n) is 4.58. The molecule has 0 saturated carbocycles. The Balaban J connectivity index is 2.23. The maximum Gasteiger partial charge on any atom is 0.308 e. The number of benzene rings is 3. The molecule has 0 aliphatic heterocycles. The van der Waals surface area contributed by atoms with Crippen molar-refractivity contribution in [3.63, 3.8) is 0 Å². The molecule has 0 heterocycles. The number of ether oxygens (including phenoxy) is 2. The first-order chi connectivity index (χ1) is 14.5. The van der Waals surface area contributed by atoms with Gasteiger partial charge in [0.1, 0.15) is 0 Å². The molecule has 3 aromatic carbocycles. The van der Waals surface area contributed by atoms with Crippen molar-refractivity contribution < 1.29 is 19.1 Å². The van der Waals surface area contributed by atoms with E-state index in [1.54, 1.807) is 12.1 Å². The molecule has 0 amide bonds. The van der Waals surface area contributed by atoms with E-state index < -0.39 is 11.9 Å². The molecule has 152 valence electrons. The van der Waals surface area contributed by atoms with Crippen molar-refractivity contribution in [2.45, 2.75) is 27.2 Å². The van der Waals surface area contributed by atoms with Gasteiger partial charge in [-0.1, -0.05) is 73.7 Å². The minimum atomic E-state index is -0.478. The van der Waals surface area contributed by atoms with Crippen molar-refractivity contribution in [2.24, 2.45) is 0 Å². The first kappa shape index (κ1) is 21.1. The van der Waals surface area contributed by atoms with Gasteiger partial charge in [-0.3, -0.25) is 9.59 Å². The van der Waals surface area contributed by atoms with Gasteiger partial charge in [-0.25, -0.2) is 0 Å². The lowest BCUT2D eigenvalue weighted by atomic mass is 9.88. The smallest absolute Gasteiger partial charge is 0.308 e. The van der Waals surface area contributed by atoms with Crippen molar-refractivity contribution in [3.8, 4) is 11.5 Å². The van der Waals surface area contributed by atoms with Crippen LogP contribution >= 0.6 is 0 Å². The highest BCUT2D eigenvalue weighted by Gasteiger charge is 2.16. The zero-order chi connectivity index (χ0) is 21.5. The molecule has 3 rings (SSSR count). The summed E-state index contributed by atoms with van der Waals surface area (Å²) in [7, 11) is 0. The fourth-order valence-corrected chi connectivity index (χ4v) is 3.42. The number of hydrogen-bond acceptors (Lipinski definition) is 4. The summed E-state index contributed by atoms with van der Waals surface area (Å²) >= 11 is 0. The van der Waals surface area contributed by atoms with E-state index in [4.69, 9.17) is 9.47 Å². The lowest BCUT2D eigenvalue weighted by Crippen LogP contribution is -2.07. The van der Waals surface area contributed by atoms with Crippen molar-refractivity contribution in [1.29, 1.82) is 0 Å². The molecule has 0 saturated heterocycles. The van der Waals surface area contributed by atoms with Crippen LogP contribution in [0.2, 0.25) is 0 Å². The molecule has 0 fully saturated rings. The summed E-state index contributed by atoms with van der Waals surface area (Å²) in [5.41, 5.74) is 5.28. The summed E-state index contributed by atoms with van der Waals surface area (Å²) in [6.07, 6.45) is 0.756. The van der Waals surface area contributed by atoms with Gasteiger partial charge in [0.15, 0.2) is 11.5 Å². The minimum absolute atomic E-state index is 0.220. The van der Waals surface area contributed by atoms with Gasteiger partial charge < -0.3 is 9.47 Å². The first-order valence-corrected chi connectivity index (χ1v) is 9.84. The van der Waals surface area contributed by atoms with Gasteiger partial charge in [0.2, 0.25) is 0 Å². The highest BCUT2D eigenvalue weighted by Crippen LogP contribution is 2.38. The van der Waals surface area contributed by atoms with Gasteiger partial charge in [-0.15, -0.1) is 0 Å². The highest BCUT2D eigenvalue weighted by molar-refractivity contribution is 5.98. The summed E-state index contributed by atoms with van der Waals surface area (Å²) in [5, 5.41) is 0. The average molecular weight is 400 g/mol. The lowest BCUT2D eigenvalue weighted by Gasteiger charge is -2.17. The van der Waals surface area contributed by atoms with Gasteiger partial charge in [-0.2, -0.15) is 0 Å². The number of carbonyl (C=O) groups excluding carboxylic acids is 2. The largest absolute Gasteiger partial charge is 0.423 e. The van der Waals surface area contributed by atoms with Gasteiger partial charge in [-0.05, 0) is 46.4 Å². The molecular formula is C26H24O4. The Labute approximate surface area is 176 Å². The van der Waals surface area contributed by atoms with Gasteiger partial charge in [0.25, 0.3) is 0 Å². The van der Waals surface area contributed by atoms with Crippen molar-refractivity contribution in [2.75, 3.05) is 0 Å². The molecule has 30 heavy (non-hydrogen) atoms. The third-order valence-corrected chi connectivity index (χ3v) is 4.58. The van der Waals surface area contributed by atoms with Crippen LogP contribution in [-0.4, -0.2) is 11.9 Å². The van der Waals surface area contributed by atoms with E-state index in [0.717, 1.165) is 34.3 Å². The van der Waals surface area contributed by atoms with E-state index in [-0.39, 0.29) is 11.5 Å². The Morgan fingerprint density at radius 2 is 1.17 bits per heavy atom. The SMILES string of the molecule is CCC(=C(c1ccccc1)c1ccccc1)c1ccc(OC(C)=O)c(OC(C)=O)c1. The van der Waals surface area contributed by atoms with Crippen LogP contribution in [0.5, 0.6) is 11.5 Å². The molecule has 0 aliphatic rings. The Morgan fingerprint density at radius 1 is 0.667 bits per heavy atom. The van der Waals surface area contributed by atoms with E-state index in [9.17, 15) is 9.59 Å². The molecule has 0 aromatic heterocycles. The predicted octanol–water partition coefficient (Wildman–Crippen LogP) is 5.91. The molecular weight excluding hydrogens is 376 g/mol. The highest BCUT2D eigenvalue weighted by atomic mass is 16.6. The second-order valence-corrected chi connectivity index (χ2v) is 6.79. The Kier molecular flexibility index (Phi) is 6.81. The summed E-state index contributed by atoms with van der Waals surface area (Å²) in [4.78, 5) is 23.0. The Hall–Kier alpha value is -3.66. The molecule has 0 radical (unpaired) electrons. The number of rotatable bonds is 6. The lowest BCUT2D eigenvalue weighted by molar-refractivity contribution is -0.134. The van der Waals surface area contributed by atoms with E-state index >= 15 is 0 Å². The molecule has 3 aromatic rings. The Morgan fingerprint density at radius 3 is 1.63 bits per heavy atom. The van der Waals surface area contributed by atoms with Crippen LogP contribution in [0.4, 0.5) is 0 Å². The van der Waals surface area contributed by atoms with E-state index in [1.807, 2.05) is 42.5 Å². The normalized spacial score (nSPS) is 10.2. The average Bonchev–Trinajstić information content (AvgIpc) is 2.74. The number of hydrogen-bond donors (Lipinski definition) is 0. The number of esters is 2. The molecule has 0 N–H and O–H groups in total. The topological polar surface area (TPSA) is 52.6 Å². The van der Waals surface area contributed by atoms with Crippen LogP contribution in [0.15, 0.2) is 78.9 Å². The molecule has 4 heteroatoms. The standard InChI is InChI=1S/C26H24O4/c1-4-23(22-15-16-24(29-18(2)27)25(17-22)30-19(3)28)26(20-11-7-5-8-12-20)21-13-9-6-10-14-21/h5-17H,4H2,1-3H3. The maximum absolute atomic E-state index is 11.6. The zero-order valence-electron chi connectivity index (χ0n) is 17.3. The summed E-state index contributed by atoms with van der Waals surface area (Å²) in [5.74, 6) is -0.509. The molecule has 4 nitrogen and oxygen atoms in total. The first-order valence-electron chi connectivity index (χ1n) is 9.84. The number of allylic oxidation sites excluding steroid dienone is 1. The van der Waals surface area contributed by atoms with Crippen LogP contribution in [0.1, 0.15) is 43.9 Å². The maximum atomic E-state index is 11.6. The van der Waals surface area contributed by atoms with E-state index in [2.05, 4.69) is 31.2 Å². The molecule has 0 atom stereocenters. The van der Waals surface area contributed by atoms with Gasteiger partial charge in [0.05, 0.1) is 0 Å². The second kappa shape index (κ2) is 9.70. The minimum Gasteiger partial charge on any atom is -0.423 e.